The highest BCUT2D eigenvalue weighted by Crippen LogP contribution is 2.42. The van der Waals surface area contributed by atoms with Crippen molar-refractivity contribution in [3.63, 3.8) is 0 Å². The predicted molar refractivity (Wildman–Crippen MR) is 85.1 cm³/mol. The van der Waals surface area contributed by atoms with E-state index in [0.717, 1.165) is 19.5 Å². The van der Waals surface area contributed by atoms with Gasteiger partial charge < -0.3 is 10.1 Å². The lowest BCUT2D eigenvalue weighted by atomic mass is 10.2. The lowest BCUT2D eigenvalue weighted by molar-refractivity contribution is 0.397. The summed E-state index contributed by atoms with van der Waals surface area (Å²) in [6, 6.07) is 3.97. The smallest absolute Gasteiger partial charge is 0.212 e. The number of thiazole rings is 1. The number of aromatic nitrogens is 2. The van der Waals surface area contributed by atoms with Crippen molar-refractivity contribution in [3.05, 3.63) is 39.5 Å². The van der Waals surface area contributed by atoms with Gasteiger partial charge in [0.15, 0.2) is 0 Å². The van der Waals surface area contributed by atoms with Gasteiger partial charge in [0.2, 0.25) is 5.88 Å². The van der Waals surface area contributed by atoms with Gasteiger partial charge in [-0.1, -0.05) is 13.0 Å². The van der Waals surface area contributed by atoms with E-state index in [1.54, 1.807) is 7.11 Å². The molecule has 0 radical (unpaired) electrons. The van der Waals surface area contributed by atoms with Gasteiger partial charge in [0, 0.05) is 36.0 Å². The summed E-state index contributed by atoms with van der Waals surface area (Å²) in [7, 11) is 1.64. The third-order valence-corrected chi connectivity index (χ3v) is 4.70. The van der Waals surface area contributed by atoms with Crippen molar-refractivity contribution in [1.29, 1.82) is 0 Å². The topological polar surface area (TPSA) is 47.0 Å². The van der Waals surface area contributed by atoms with Crippen LogP contribution in [0.3, 0.4) is 0 Å². The summed E-state index contributed by atoms with van der Waals surface area (Å²) in [5.74, 6) is 1.36. The molecule has 2 aromatic rings. The molecule has 0 amide bonds. The maximum atomic E-state index is 5.09. The molecular weight excluding hydrogens is 282 g/mol. The second kappa shape index (κ2) is 6.54. The molecule has 3 rings (SSSR count). The van der Waals surface area contributed by atoms with Crippen LogP contribution in [0.1, 0.15) is 46.8 Å². The zero-order valence-electron chi connectivity index (χ0n) is 12.6. The van der Waals surface area contributed by atoms with Gasteiger partial charge in [0.25, 0.3) is 0 Å². The number of hydrogen-bond donors (Lipinski definition) is 1. The number of pyridine rings is 1. The summed E-state index contributed by atoms with van der Waals surface area (Å²) in [4.78, 5) is 10.6. The molecule has 1 aliphatic carbocycles. The maximum absolute atomic E-state index is 5.09. The summed E-state index contributed by atoms with van der Waals surface area (Å²) in [5, 5.41) is 4.61. The van der Waals surface area contributed by atoms with Crippen LogP contribution in [0.25, 0.3) is 0 Å². The van der Waals surface area contributed by atoms with Crippen molar-refractivity contribution in [2.24, 2.45) is 0 Å². The molecule has 0 unspecified atom stereocenters. The van der Waals surface area contributed by atoms with Gasteiger partial charge in [-0.25, -0.2) is 9.97 Å². The Bertz CT molecular complexity index is 590. The van der Waals surface area contributed by atoms with Crippen molar-refractivity contribution >= 4 is 11.3 Å². The Balaban J connectivity index is 1.74. The monoisotopic (exact) mass is 303 g/mol. The average Bonchev–Trinajstić information content (AvgIpc) is 3.28. The van der Waals surface area contributed by atoms with Gasteiger partial charge in [-0.05, 0) is 24.9 Å². The lowest BCUT2D eigenvalue weighted by Gasteiger charge is -2.00. The molecule has 5 heteroatoms. The summed E-state index contributed by atoms with van der Waals surface area (Å²) in [6.45, 7) is 4.09. The minimum Gasteiger partial charge on any atom is -0.481 e. The van der Waals surface area contributed by atoms with Gasteiger partial charge in [-0.2, -0.15) is 0 Å². The first-order chi connectivity index (χ1) is 10.3. The maximum Gasteiger partial charge on any atom is 0.212 e. The summed E-state index contributed by atoms with van der Waals surface area (Å²) in [5.41, 5.74) is 2.51. The molecule has 4 nitrogen and oxygen atoms in total. The highest BCUT2D eigenvalue weighted by molar-refractivity contribution is 7.11. The minimum atomic E-state index is 0.657. The average molecular weight is 303 g/mol. The molecular formula is C16H21N3OS. The van der Waals surface area contributed by atoms with Crippen LogP contribution in [-0.4, -0.2) is 23.6 Å². The Morgan fingerprint density at radius 3 is 2.86 bits per heavy atom. The Hall–Kier alpha value is -1.46. The molecule has 0 aliphatic heterocycles. The predicted octanol–water partition coefficient (Wildman–Crippen LogP) is 3.12. The van der Waals surface area contributed by atoms with Crippen LogP contribution in [0.2, 0.25) is 0 Å². The van der Waals surface area contributed by atoms with Crippen LogP contribution in [0.4, 0.5) is 0 Å². The van der Waals surface area contributed by atoms with E-state index in [9.17, 15) is 0 Å². The largest absolute Gasteiger partial charge is 0.481 e. The summed E-state index contributed by atoms with van der Waals surface area (Å²) >= 11 is 1.84. The van der Waals surface area contributed by atoms with Crippen molar-refractivity contribution in [3.8, 4) is 5.88 Å². The van der Waals surface area contributed by atoms with E-state index >= 15 is 0 Å². The molecule has 1 fully saturated rings. The normalized spacial score (nSPS) is 14.4. The second-order valence-corrected chi connectivity index (χ2v) is 6.52. The van der Waals surface area contributed by atoms with Crippen LogP contribution in [0.15, 0.2) is 18.3 Å². The molecule has 1 N–H and O–H groups in total. The van der Waals surface area contributed by atoms with Crippen LogP contribution >= 0.6 is 11.3 Å². The number of rotatable bonds is 7. The zero-order valence-corrected chi connectivity index (χ0v) is 13.4. The first-order valence-electron chi connectivity index (χ1n) is 7.48. The molecule has 2 aromatic heterocycles. The van der Waals surface area contributed by atoms with E-state index in [1.165, 1.54) is 34.0 Å². The number of ether oxygens (including phenoxy) is 1. The molecule has 0 saturated heterocycles. The van der Waals surface area contributed by atoms with Crippen LogP contribution in [0, 0.1) is 0 Å². The molecule has 0 spiro atoms. The summed E-state index contributed by atoms with van der Waals surface area (Å²) < 4.78 is 5.09. The van der Waals surface area contributed by atoms with E-state index in [4.69, 9.17) is 9.72 Å². The van der Waals surface area contributed by atoms with E-state index in [0.29, 0.717) is 11.8 Å². The first kappa shape index (κ1) is 14.5. The van der Waals surface area contributed by atoms with Gasteiger partial charge in [-0.15, -0.1) is 11.3 Å². The van der Waals surface area contributed by atoms with Gasteiger partial charge >= 0.3 is 0 Å². The molecule has 0 bridgehead atoms. The zero-order chi connectivity index (χ0) is 14.7. The van der Waals surface area contributed by atoms with Crippen molar-refractivity contribution < 1.29 is 4.74 Å². The fourth-order valence-electron chi connectivity index (χ4n) is 2.34. The van der Waals surface area contributed by atoms with Crippen molar-refractivity contribution in [2.45, 2.75) is 38.6 Å². The molecule has 0 aromatic carbocycles. The quantitative estimate of drug-likeness (QED) is 0.853. The molecule has 1 saturated carbocycles. The fraction of sp³-hybridized carbons (Fsp3) is 0.500. The second-order valence-electron chi connectivity index (χ2n) is 5.36. The fourth-order valence-corrected chi connectivity index (χ4v) is 3.50. The third-order valence-electron chi connectivity index (χ3n) is 3.63. The molecule has 2 heterocycles. The molecule has 1 aliphatic rings. The van der Waals surface area contributed by atoms with Crippen LogP contribution in [-0.2, 0) is 13.0 Å². The van der Waals surface area contributed by atoms with E-state index in [2.05, 4.69) is 23.3 Å². The Kier molecular flexibility index (Phi) is 4.51. The number of methoxy groups -OCH3 is 1. The van der Waals surface area contributed by atoms with E-state index in [-0.39, 0.29) is 0 Å². The van der Waals surface area contributed by atoms with Crippen molar-refractivity contribution in [2.75, 3.05) is 13.7 Å². The van der Waals surface area contributed by atoms with Gasteiger partial charge in [-0.3, -0.25) is 0 Å². The molecule has 112 valence electrons. The summed E-state index contributed by atoms with van der Waals surface area (Å²) in [6.07, 6.45) is 5.33. The van der Waals surface area contributed by atoms with Crippen LogP contribution < -0.4 is 10.1 Å². The molecule has 0 atom stereocenters. The Morgan fingerprint density at radius 2 is 2.24 bits per heavy atom. The highest BCUT2D eigenvalue weighted by atomic mass is 32.1. The van der Waals surface area contributed by atoms with Crippen LogP contribution in [0.5, 0.6) is 5.88 Å². The first-order valence-corrected chi connectivity index (χ1v) is 8.30. The van der Waals surface area contributed by atoms with Crippen molar-refractivity contribution in [1.82, 2.24) is 15.3 Å². The highest BCUT2D eigenvalue weighted by Gasteiger charge is 2.29. The number of hydrogen-bond acceptors (Lipinski definition) is 5. The van der Waals surface area contributed by atoms with E-state index in [1.807, 2.05) is 23.6 Å². The Morgan fingerprint density at radius 1 is 1.38 bits per heavy atom. The Labute approximate surface area is 129 Å². The molecule has 21 heavy (non-hydrogen) atoms. The van der Waals surface area contributed by atoms with E-state index < -0.39 is 0 Å². The van der Waals surface area contributed by atoms with Gasteiger partial charge in [0.05, 0.1) is 17.8 Å². The van der Waals surface area contributed by atoms with Gasteiger partial charge in [0.1, 0.15) is 0 Å². The standard InChI is InChI=1S/C16H21N3OS/c1-3-17-10-13-16(12-5-6-12)19-15(21-13)8-11-4-7-14(20-2)18-9-11/h4,7,9,12,17H,3,5-6,8,10H2,1-2H3. The third kappa shape index (κ3) is 3.60. The minimum absolute atomic E-state index is 0.657. The lowest BCUT2D eigenvalue weighted by Crippen LogP contribution is -2.11. The number of nitrogens with one attached hydrogen (secondary N) is 1. The number of nitrogens with zero attached hydrogens (tertiary/aromatic N) is 2. The SMILES string of the molecule is CCNCc1sc(Cc2ccc(OC)nc2)nc1C1CC1.